The van der Waals surface area contributed by atoms with Crippen LogP contribution in [0.2, 0.25) is 0 Å². The summed E-state index contributed by atoms with van der Waals surface area (Å²) in [6, 6.07) is 6.19. The molecule has 3 nitrogen and oxygen atoms in total. The highest BCUT2D eigenvalue weighted by atomic mass is 16.7. The van der Waals surface area contributed by atoms with Gasteiger partial charge in [0.15, 0.2) is 11.5 Å². The summed E-state index contributed by atoms with van der Waals surface area (Å²) >= 11 is 0. The van der Waals surface area contributed by atoms with Crippen molar-refractivity contribution in [3.63, 3.8) is 0 Å². The Bertz CT molecular complexity index is 374. The van der Waals surface area contributed by atoms with E-state index in [2.05, 4.69) is 6.07 Å². The Balaban J connectivity index is 1.85. The average Bonchev–Trinajstić information content (AvgIpc) is 2.61. The van der Waals surface area contributed by atoms with Gasteiger partial charge >= 0.3 is 0 Å². The fraction of sp³-hybridized carbons (Fsp3) is 0.500. The Labute approximate surface area is 89.2 Å². The van der Waals surface area contributed by atoms with Crippen molar-refractivity contribution >= 4 is 0 Å². The number of fused-ring (bicyclic) bond motifs is 1. The van der Waals surface area contributed by atoms with E-state index in [4.69, 9.17) is 15.2 Å². The van der Waals surface area contributed by atoms with Gasteiger partial charge < -0.3 is 15.2 Å². The largest absolute Gasteiger partial charge is 0.454 e. The smallest absolute Gasteiger partial charge is 0.231 e. The van der Waals surface area contributed by atoms with Crippen LogP contribution in [0.3, 0.4) is 0 Å². The van der Waals surface area contributed by atoms with Crippen molar-refractivity contribution in [1.29, 1.82) is 0 Å². The third-order valence-electron chi connectivity index (χ3n) is 3.44. The van der Waals surface area contributed by atoms with Crippen molar-refractivity contribution in [3.8, 4) is 11.5 Å². The molecule has 0 bridgehead atoms. The van der Waals surface area contributed by atoms with Crippen LogP contribution in [0, 0.1) is 5.92 Å². The molecule has 0 amide bonds. The molecule has 1 aliphatic carbocycles. The molecule has 2 N–H and O–H groups in total. The first-order valence-corrected chi connectivity index (χ1v) is 5.50. The Morgan fingerprint density at radius 2 is 2.00 bits per heavy atom. The lowest BCUT2D eigenvalue weighted by atomic mass is 9.77. The Kier molecular flexibility index (Phi) is 2.06. The standard InChI is InChI=1S/C12H15NO2/c13-12(8-2-1-3-8)9-4-5-10-11(6-9)15-7-14-10/h4-6,8,12H,1-3,7,13H2/t12-/m1/s1. The quantitative estimate of drug-likeness (QED) is 0.805. The third kappa shape index (κ3) is 1.47. The van der Waals surface area contributed by atoms with E-state index in [9.17, 15) is 0 Å². The molecule has 3 heteroatoms. The maximum atomic E-state index is 6.20. The maximum absolute atomic E-state index is 6.20. The minimum atomic E-state index is 0.160. The van der Waals surface area contributed by atoms with Crippen molar-refractivity contribution in [1.82, 2.24) is 0 Å². The van der Waals surface area contributed by atoms with Gasteiger partial charge in [-0.3, -0.25) is 0 Å². The highest BCUT2D eigenvalue weighted by molar-refractivity contribution is 5.45. The normalized spacial score (nSPS) is 21.1. The van der Waals surface area contributed by atoms with E-state index in [0.717, 1.165) is 11.5 Å². The SMILES string of the molecule is N[C@@H](c1ccc2c(c1)OCO2)C1CCC1. The van der Waals surface area contributed by atoms with Crippen LogP contribution in [0.4, 0.5) is 0 Å². The van der Waals surface area contributed by atoms with E-state index in [0.29, 0.717) is 12.7 Å². The Morgan fingerprint density at radius 3 is 2.73 bits per heavy atom. The molecular formula is C12H15NO2. The summed E-state index contributed by atoms with van der Waals surface area (Å²) < 4.78 is 10.6. The first kappa shape index (κ1) is 9.04. The lowest BCUT2D eigenvalue weighted by Crippen LogP contribution is -2.26. The third-order valence-corrected chi connectivity index (χ3v) is 3.44. The van der Waals surface area contributed by atoms with E-state index in [1.54, 1.807) is 0 Å². The van der Waals surface area contributed by atoms with Crippen molar-refractivity contribution in [2.75, 3.05) is 6.79 Å². The molecule has 1 atom stereocenters. The van der Waals surface area contributed by atoms with Gasteiger partial charge in [-0.05, 0) is 36.5 Å². The summed E-state index contributed by atoms with van der Waals surface area (Å²) in [7, 11) is 0. The maximum Gasteiger partial charge on any atom is 0.231 e. The number of benzene rings is 1. The zero-order chi connectivity index (χ0) is 10.3. The van der Waals surface area contributed by atoms with E-state index < -0.39 is 0 Å². The summed E-state index contributed by atoms with van der Waals surface area (Å²) in [5.74, 6) is 2.33. The second kappa shape index (κ2) is 3.42. The minimum absolute atomic E-state index is 0.160. The molecular weight excluding hydrogens is 190 g/mol. The second-order valence-electron chi connectivity index (χ2n) is 4.33. The fourth-order valence-corrected chi connectivity index (χ4v) is 2.19. The van der Waals surface area contributed by atoms with E-state index in [1.165, 1.54) is 24.8 Å². The highest BCUT2D eigenvalue weighted by Gasteiger charge is 2.26. The molecule has 3 rings (SSSR count). The molecule has 80 valence electrons. The van der Waals surface area contributed by atoms with Crippen LogP contribution in [0.25, 0.3) is 0 Å². The zero-order valence-corrected chi connectivity index (χ0v) is 8.61. The molecule has 0 unspecified atom stereocenters. The number of hydrogen-bond acceptors (Lipinski definition) is 3. The van der Waals surface area contributed by atoms with Crippen molar-refractivity contribution < 1.29 is 9.47 Å². The molecule has 1 aromatic rings. The fourth-order valence-electron chi connectivity index (χ4n) is 2.19. The van der Waals surface area contributed by atoms with Crippen LogP contribution in [0.1, 0.15) is 30.9 Å². The van der Waals surface area contributed by atoms with Crippen LogP contribution >= 0.6 is 0 Å². The predicted octanol–water partition coefficient (Wildman–Crippen LogP) is 2.22. The van der Waals surface area contributed by atoms with Crippen molar-refractivity contribution in [2.24, 2.45) is 11.7 Å². The first-order chi connectivity index (χ1) is 7.34. The number of nitrogens with two attached hydrogens (primary N) is 1. The van der Waals surface area contributed by atoms with Gasteiger partial charge in [0.05, 0.1) is 0 Å². The number of rotatable bonds is 2. The van der Waals surface area contributed by atoms with Gasteiger partial charge in [0.2, 0.25) is 6.79 Å². The molecule has 1 aromatic carbocycles. The molecule has 1 fully saturated rings. The molecule has 1 heterocycles. The van der Waals surface area contributed by atoms with Gasteiger partial charge in [-0.1, -0.05) is 12.5 Å². The topological polar surface area (TPSA) is 44.5 Å². The molecule has 0 aromatic heterocycles. The van der Waals surface area contributed by atoms with Crippen LogP contribution in [0.5, 0.6) is 11.5 Å². The second-order valence-corrected chi connectivity index (χ2v) is 4.33. The number of ether oxygens (including phenoxy) is 2. The molecule has 15 heavy (non-hydrogen) atoms. The summed E-state index contributed by atoms with van der Waals surface area (Å²) in [4.78, 5) is 0. The van der Waals surface area contributed by atoms with E-state index in [1.807, 2.05) is 12.1 Å². The van der Waals surface area contributed by atoms with Crippen LogP contribution in [-0.2, 0) is 0 Å². The monoisotopic (exact) mass is 205 g/mol. The molecule has 1 aliphatic heterocycles. The lowest BCUT2D eigenvalue weighted by molar-refractivity contribution is 0.174. The van der Waals surface area contributed by atoms with Crippen molar-refractivity contribution in [2.45, 2.75) is 25.3 Å². The van der Waals surface area contributed by atoms with Crippen LogP contribution in [0.15, 0.2) is 18.2 Å². The van der Waals surface area contributed by atoms with E-state index in [-0.39, 0.29) is 6.04 Å². The molecule has 0 radical (unpaired) electrons. The number of hydrogen-bond donors (Lipinski definition) is 1. The van der Waals surface area contributed by atoms with E-state index >= 15 is 0 Å². The minimum Gasteiger partial charge on any atom is -0.454 e. The van der Waals surface area contributed by atoms with Crippen molar-refractivity contribution in [3.05, 3.63) is 23.8 Å². The van der Waals surface area contributed by atoms with Crippen LogP contribution < -0.4 is 15.2 Å². The van der Waals surface area contributed by atoms with Gasteiger partial charge in [-0.25, -0.2) is 0 Å². The molecule has 1 saturated carbocycles. The summed E-state index contributed by atoms with van der Waals surface area (Å²) in [6.07, 6.45) is 3.84. The molecule has 0 saturated heterocycles. The Morgan fingerprint density at radius 1 is 1.20 bits per heavy atom. The lowest BCUT2D eigenvalue weighted by Gasteiger charge is -2.31. The average molecular weight is 205 g/mol. The summed E-state index contributed by atoms with van der Waals surface area (Å²) in [5.41, 5.74) is 7.37. The van der Waals surface area contributed by atoms with Crippen LogP contribution in [-0.4, -0.2) is 6.79 Å². The zero-order valence-electron chi connectivity index (χ0n) is 8.61. The Hall–Kier alpha value is -1.22. The van der Waals surface area contributed by atoms with Gasteiger partial charge in [0.25, 0.3) is 0 Å². The predicted molar refractivity (Wildman–Crippen MR) is 56.8 cm³/mol. The van der Waals surface area contributed by atoms with Gasteiger partial charge in [-0.15, -0.1) is 0 Å². The van der Waals surface area contributed by atoms with Gasteiger partial charge in [-0.2, -0.15) is 0 Å². The summed E-state index contributed by atoms with van der Waals surface area (Å²) in [6.45, 7) is 0.331. The first-order valence-electron chi connectivity index (χ1n) is 5.50. The van der Waals surface area contributed by atoms with Gasteiger partial charge in [0, 0.05) is 6.04 Å². The molecule has 0 spiro atoms. The molecule has 2 aliphatic rings. The van der Waals surface area contributed by atoms with Gasteiger partial charge in [0.1, 0.15) is 0 Å². The summed E-state index contributed by atoms with van der Waals surface area (Å²) in [5, 5.41) is 0. The highest BCUT2D eigenvalue weighted by Crippen LogP contribution is 2.39.